The van der Waals surface area contributed by atoms with E-state index < -0.39 is 11.5 Å². The molecule has 0 unspecified atom stereocenters. The van der Waals surface area contributed by atoms with Gasteiger partial charge in [0.25, 0.3) is 5.56 Å². The maximum atomic E-state index is 12.4. The van der Waals surface area contributed by atoms with Gasteiger partial charge >= 0.3 is 0 Å². The molecule has 0 spiro atoms. The van der Waals surface area contributed by atoms with Crippen molar-refractivity contribution < 1.29 is 14.7 Å². The fourth-order valence-corrected chi connectivity index (χ4v) is 2.45. The number of aromatic carboxylic acids is 1. The van der Waals surface area contributed by atoms with Gasteiger partial charge < -0.3 is 15.2 Å². The lowest BCUT2D eigenvalue weighted by Crippen LogP contribution is -2.39. The second-order valence-electron chi connectivity index (χ2n) is 5.40. The van der Waals surface area contributed by atoms with Gasteiger partial charge in [0.1, 0.15) is 12.2 Å². The molecule has 0 fully saturated rings. The van der Waals surface area contributed by atoms with Gasteiger partial charge in [-0.2, -0.15) is 5.10 Å². The van der Waals surface area contributed by atoms with Crippen LogP contribution in [-0.2, 0) is 11.3 Å². The van der Waals surface area contributed by atoms with Gasteiger partial charge in [0, 0.05) is 11.4 Å². The van der Waals surface area contributed by atoms with Crippen molar-refractivity contribution in [3.8, 4) is 0 Å². The number of hydrogen-bond acceptors (Lipinski definition) is 5. The molecule has 23 heavy (non-hydrogen) atoms. The Morgan fingerprint density at radius 2 is 1.96 bits per heavy atom. The molecule has 1 atom stereocenters. The first-order chi connectivity index (χ1) is 10.9. The number of fused-ring (bicyclic) bond motifs is 1. The Kier molecular flexibility index (Phi) is 5.10. The van der Waals surface area contributed by atoms with Crippen molar-refractivity contribution in [1.29, 1.82) is 0 Å². The van der Waals surface area contributed by atoms with Crippen molar-refractivity contribution >= 4 is 22.6 Å². The van der Waals surface area contributed by atoms with Crippen LogP contribution < -0.4 is 16.0 Å². The van der Waals surface area contributed by atoms with Crippen LogP contribution in [0.3, 0.4) is 0 Å². The highest BCUT2D eigenvalue weighted by Gasteiger charge is 2.14. The van der Waals surface area contributed by atoms with E-state index in [0.29, 0.717) is 0 Å². The maximum Gasteiger partial charge on any atom is 0.275 e. The molecule has 0 radical (unpaired) electrons. The molecule has 1 N–H and O–H groups in total. The third kappa shape index (κ3) is 3.74. The molecular formula is C16H18N3O4-. The van der Waals surface area contributed by atoms with Gasteiger partial charge in [0.05, 0.1) is 11.4 Å². The van der Waals surface area contributed by atoms with Crippen molar-refractivity contribution in [3.63, 3.8) is 0 Å². The average molecular weight is 316 g/mol. The molecule has 0 aliphatic carbocycles. The molecule has 7 heteroatoms. The van der Waals surface area contributed by atoms with Gasteiger partial charge in [-0.25, -0.2) is 4.68 Å². The summed E-state index contributed by atoms with van der Waals surface area (Å²) in [6, 6.07) is 6.20. The summed E-state index contributed by atoms with van der Waals surface area (Å²) in [7, 11) is 0. The summed E-state index contributed by atoms with van der Waals surface area (Å²) in [6.45, 7) is 3.53. The highest BCUT2D eigenvalue weighted by molar-refractivity contribution is 6.00. The van der Waals surface area contributed by atoms with Crippen LogP contribution in [0.5, 0.6) is 0 Å². The van der Waals surface area contributed by atoms with Gasteiger partial charge in [-0.05, 0) is 19.4 Å². The Hall–Kier alpha value is -2.70. The minimum Gasteiger partial charge on any atom is -0.543 e. The average Bonchev–Trinajstić information content (AvgIpc) is 2.50. The number of carbonyl (C=O) groups excluding carboxylic acids is 2. The third-order valence-electron chi connectivity index (χ3n) is 3.48. The smallest absolute Gasteiger partial charge is 0.275 e. The molecule has 2 aromatic rings. The van der Waals surface area contributed by atoms with Gasteiger partial charge in [-0.3, -0.25) is 9.59 Å². The molecule has 7 nitrogen and oxygen atoms in total. The Morgan fingerprint density at radius 1 is 1.30 bits per heavy atom. The Bertz CT molecular complexity index is 798. The van der Waals surface area contributed by atoms with Gasteiger partial charge in [0.15, 0.2) is 0 Å². The van der Waals surface area contributed by atoms with Crippen molar-refractivity contribution in [2.45, 2.75) is 39.3 Å². The number of carboxylic acid groups (broad SMARTS) is 1. The normalized spacial score (nSPS) is 12.1. The second-order valence-corrected chi connectivity index (χ2v) is 5.40. The zero-order chi connectivity index (χ0) is 17.0. The summed E-state index contributed by atoms with van der Waals surface area (Å²) >= 11 is 0. The first-order valence-corrected chi connectivity index (χ1v) is 7.44. The first kappa shape index (κ1) is 16.7. The van der Waals surface area contributed by atoms with Gasteiger partial charge in [0.2, 0.25) is 5.91 Å². The molecule has 122 valence electrons. The summed E-state index contributed by atoms with van der Waals surface area (Å²) < 4.78 is 0.863. The fraction of sp³-hybridized carbons (Fsp3) is 0.375. The summed E-state index contributed by atoms with van der Waals surface area (Å²) in [6.07, 6.45) is 1.74. The van der Waals surface area contributed by atoms with E-state index in [1.54, 1.807) is 12.1 Å². The second kappa shape index (κ2) is 7.04. The molecule has 0 saturated heterocycles. The Labute approximate surface area is 132 Å². The molecule has 1 heterocycles. The highest BCUT2D eigenvalue weighted by Crippen LogP contribution is 2.12. The molecule has 1 aromatic heterocycles. The van der Waals surface area contributed by atoms with Crippen LogP contribution in [0, 0.1) is 0 Å². The SMILES string of the molecule is CCC[C@@H](C)NC(=O)Cn1nc(C(=O)[O-])c2ccccc2c1=O. The summed E-state index contributed by atoms with van der Waals surface area (Å²) in [5.74, 6) is -1.88. The number of carbonyl (C=O) groups is 2. The van der Waals surface area contributed by atoms with Crippen molar-refractivity contribution in [1.82, 2.24) is 15.1 Å². The minimum absolute atomic E-state index is 0.0238. The molecular weight excluding hydrogens is 298 g/mol. The lowest BCUT2D eigenvalue weighted by atomic mass is 10.1. The van der Waals surface area contributed by atoms with E-state index in [4.69, 9.17) is 0 Å². The maximum absolute atomic E-state index is 12.4. The zero-order valence-electron chi connectivity index (χ0n) is 13.0. The number of carboxylic acids is 1. The summed E-state index contributed by atoms with van der Waals surface area (Å²) in [5, 5.41) is 18.2. The zero-order valence-corrected chi connectivity index (χ0v) is 13.0. The van der Waals surface area contributed by atoms with Crippen LogP contribution in [0.2, 0.25) is 0 Å². The molecule has 1 amide bonds. The van der Waals surface area contributed by atoms with Crippen molar-refractivity contribution in [2.24, 2.45) is 0 Å². The van der Waals surface area contributed by atoms with E-state index >= 15 is 0 Å². The lowest BCUT2D eigenvalue weighted by molar-refractivity contribution is -0.255. The van der Waals surface area contributed by atoms with E-state index in [1.165, 1.54) is 12.1 Å². The van der Waals surface area contributed by atoms with E-state index in [1.807, 2.05) is 13.8 Å². The quantitative estimate of drug-likeness (QED) is 0.812. The number of hydrogen-bond donors (Lipinski definition) is 1. The minimum atomic E-state index is -1.49. The monoisotopic (exact) mass is 316 g/mol. The van der Waals surface area contributed by atoms with Crippen LogP contribution >= 0.6 is 0 Å². The van der Waals surface area contributed by atoms with Gasteiger partial charge in [-0.15, -0.1) is 0 Å². The predicted octanol–water partition coefficient (Wildman–Crippen LogP) is 0.0648. The van der Waals surface area contributed by atoms with Crippen LogP contribution in [0.25, 0.3) is 10.8 Å². The lowest BCUT2D eigenvalue weighted by Gasteiger charge is -2.14. The number of aromatic nitrogens is 2. The number of rotatable bonds is 6. The highest BCUT2D eigenvalue weighted by atomic mass is 16.4. The molecule has 0 bridgehead atoms. The molecule has 0 aliphatic heterocycles. The van der Waals surface area contributed by atoms with Crippen LogP contribution in [-0.4, -0.2) is 27.7 Å². The van der Waals surface area contributed by atoms with E-state index in [-0.39, 0.29) is 35.0 Å². The number of nitrogens with zero attached hydrogens (tertiary/aromatic N) is 2. The van der Waals surface area contributed by atoms with Crippen molar-refractivity contribution in [2.75, 3.05) is 0 Å². The standard InChI is InChI=1S/C16H19N3O4/c1-3-6-10(2)17-13(20)9-19-15(21)12-8-5-4-7-11(12)14(18-19)16(22)23/h4-5,7-8,10H,3,6,9H2,1-2H3,(H,17,20)(H,22,23)/p-1/t10-/m1/s1. The van der Waals surface area contributed by atoms with Crippen LogP contribution in [0.15, 0.2) is 29.1 Å². The Morgan fingerprint density at radius 3 is 2.57 bits per heavy atom. The van der Waals surface area contributed by atoms with Crippen molar-refractivity contribution in [3.05, 3.63) is 40.3 Å². The van der Waals surface area contributed by atoms with Crippen LogP contribution in [0.4, 0.5) is 0 Å². The Balaban J connectivity index is 2.38. The predicted molar refractivity (Wildman–Crippen MR) is 82.8 cm³/mol. The summed E-state index contributed by atoms with van der Waals surface area (Å²) in [5.41, 5.74) is -0.862. The first-order valence-electron chi connectivity index (χ1n) is 7.44. The van der Waals surface area contributed by atoms with Gasteiger partial charge in [-0.1, -0.05) is 31.5 Å². The van der Waals surface area contributed by atoms with Crippen LogP contribution in [0.1, 0.15) is 37.2 Å². The topological polar surface area (TPSA) is 104 Å². The summed E-state index contributed by atoms with van der Waals surface area (Å²) in [4.78, 5) is 35.6. The van der Waals surface area contributed by atoms with E-state index in [9.17, 15) is 19.5 Å². The molecule has 0 saturated carbocycles. The third-order valence-corrected chi connectivity index (χ3v) is 3.48. The van der Waals surface area contributed by atoms with E-state index in [0.717, 1.165) is 17.5 Å². The fourth-order valence-electron chi connectivity index (χ4n) is 2.45. The molecule has 1 aromatic carbocycles. The van der Waals surface area contributed by atoms with E-state index in [2.05, 4.69) is 10.4 Å². The number of benzene rings is 1. The largest absolute Gasteiger partial charge is 0.543 e. The number of nitrogens with one attached hydrogen (secondary N) is 1. The molecule has 0 aliphatic rings. The molecule has 2 rings (SSSR count). The number of amides is 1.